The second kappa shape index (κ2) is 39.1. The molecule has 0 bridgehead atoms. The van der Waals surface area contributed by atoms with E-state index in [0.29, 0.717) is 67.2 Å². The number of oxazole rings is 1. The van der Waals surface area contributed by atoms with Crippen LogP contribution in [-0.2, 0) is 20.9 Å². The number of carbonyl (C=O) groups excluding carboxylic acids is 5. The van der Waals surface area contributed by atoms with Gasteiger partial charge in [0.15, 0.2) is 5.76 Å². The molecule has 5 heterocycles. The summed E-state index contributed by atoms with van der Waals surface area (Å²) in [5, 5.41) is 14.4. The summed E-state index contributed by atoms with van der Waals surface area (Å²) in [4.78, 5) is 70.8. The summed E-state index contributed by atoms with van der Waals surface area (Å²) in [6.07, 6.45) is 6.61. The van der Waals surface area contributed by atoms with Crippen LogP contribution in [0.4, 0.5) is 0 Å². The molecule has 2 aromatic heterocycles. The van der Waals surface area contributed by atoms with E-state index >= 15 is 0 Å². The number of amides is 5. The number of piperidine rings is 1. The Kier molecular flexibility index (Phi) is 34.5. The Labute approximate surface area is 468 Å². The lowest BCUT2D eigenvalue weighted by molar-refractivity contribution is -0.128. The topological polar surface area (TPSA) is 216 Å². The summed E-state index contributed by atoms with van der Waals surface area (Å²) in [7, 11) is 8.26. The highest BCUT2D eigenvalue weighted by molar-refractivity contribution is 5.94. The molecule has 5 N–H and O–H groups in total. The maximum atomic E-state index is 11.9. The van der Waals surface area contributed by atoms with Crippen molar-refractivity contribution in [2.45, 2.75) is 101 Å². The number of ether oxygens (including phenoxy) is 2. The standard InChI is InChI=1S/C15H25N3O2.C15H24N2O2.C11H22N2O.C10H19NO2.C8H12N2O2/c1-12(2)10-16-15(19)14-5-4-13(20-14)11-18-8-6-17(3)7-9-18;1-12(2)11-16-15(18)13-5-7-14(8-6-13)19-10-9-17(3)4;1-9(2)8-12-11(14)10-4-6-13(3)7-5-10;1-8(2)7-11-10(12)9-3-5-13-6-4-9;1-6(2)5-10-7(11)8-9-3-4-12-8/h4-5,12H,6-11H2,1-3H3,(H,16,19);5-8,12H,9-11H2,1-4H3,(H,16,18);9-10H,4-8H2,1-3H3,(H,12,14);8-9H,3-7H2,1-2H3,(H,11,12);3-4,6H,5H2,1-2H3,(H,10,11). The van der Waals surface area contributed by atoms with E-state index in [0.717, 1.165) is 116 Å². The minimum Gasteiger partial charge on any atom is -0.492 e. The molecule has 1 aromatic carbocycles. The van der Waals surface area contributed by atoms with E-state index in [-0.39, 0.29) is 47.3 Å². The SMILES string of the molecule is CC(C)CNC(=O)C1CCN(C)CC1.CC(C)CNC(=O)C1CCOCC1.CC(C)CNC(=O)c1ccc(CN2CCN(C)CC2)o1.CC(C)CNC(=O)c1ccc(OCCN(C)C)cc1.CC(C)CNC(=O)c1ncco1. The maximum Gasteiger partial charge on any atom is 0.307 e. The summed E-state index contributed by atoms with van der Waals surface area (Å²) >= 11 is 0. The molecular weight excluding hydrogens is 993 g/mol. The van der Waals surface area contributed by atoms with E-state index in [1.807, 2.05) is 46.1 Å². The molecule has 3 saturated heterocycles. The largest absolute Gasteiger partial charge is 0.492 e. The van der Waals surface area contributed by atoms with Crippen molar-refractivity contribution < 1.29 is 42.3 Å². The van der Waals surface area contributed by atoms with Crippen LogP contribution in [0.15, 0.2) is 57.7 Å². The molecule has 0 atom stereocenters. The highest BCUT2D eigenvalue weighted by Gasteiger charge is 2.24. The van der Waals surface area contributed by atoms with Gasteiger partial charge in [-0.1, -0.05) is 69.2 Å². The summed E-state index contributed by atoms with van der Waals surface area (Å²) in [5.41, 5.74) is 0.667. The molecule has 5 amide bonds. The van der Waals surface area contributed by atoms with E-state index in [9.17, 15) is 24.0 Å². The van der Waals surface area contributed by atoms with Crippen LogP contribution < -0.4 is 31.3 Å². The Bertz CT molecular complexity index is 2070. The second-order valence-electron chi connectivity index (χ2n) is 22.9. The molecule has 0 unspecified atom stereocenters. The lowest BCUT2D eigenvalue weighted by Gasteiger charge is -2.31. The van der Waals surface area contributed by atoms with Crippen molar-refractivity contribution >= 4 is 29.5 Å². The van der Waals surface area contributed by atoms with Crippen LogP contribution in [0.3, 0.4) is 0 Å². The molecule has 3 aromatic rings. The zero-order valence-electron chi connectivity index (χ0n) is 50.2. The summed E-state index contributed by atoms with van der Waals surface area (Å²) in [6.45, 7) is 34.5. The number of carbonyl (C=O) groups is 5. The van der Waals surface area contributed by atoms with Gasteiger partial charge in [0.1, 0.15) is 24.4 Å². The van der Waals surface area contributed by atoms with Crippen LogP contribution in [0.2, 0.25) is 0 Å². The van der Waals surface area contributed by atoms with Crippen molar-refractivity contribution in [1.29, 1.82) is 0 Å². The van der Waals surface area contributed by atoms with Gasteiger partial charge in [-0.05, 0) is 133 Å². The van der Waals surface area contributed by atoms with E-state index in [1.165, 1.54) is 12.5 Å². The molecule has 78 heavy (non-hydrogen) atoms. The molecule has 0 saturated carbocycles. The van der Waals surface area contributed by atoms with Gasteiger partial charge in [-0.25, -0.2) is 4.98 Å². The maximum absolute atomic E-state index is 11.9. The van der Waals surface area contributed by atoms with Gasteiger partial charge < -0.3 is 59.6 Å². The molecule has 3 fully saturated rings. The van der Waals surface area contributed by atoms with E-state index in [1.54, 1.807) is 18.2 Å². The lowest BCUT2D eigenvalue weighted by atomic mass is 9.96. The predicted molar refractivity (Wildman–Crippen MR) is 309 cm³/mol. The first-order valence-electron chi connectivity index (χ1n) is 28.5. The molecule has 19 heteroatoms. The van der Waals surface area contributed by atoms with Crippen molar-refractivity contribution in [3.05, 3.63) is 71.8 Å². The number of likely N-dealkylation sites (tertiary alicyclic amines) is 1. The zero-order valence-corrected chi connectivity index (χ0v) is 50.2. The predicted octanol–water partition coefficient (Wildman–Crippen LogP) is 6.77. The van der Waals surface area contributed by atoms with Crippen LogP contribution >= 0.6 is 0 Å². The van der Waals surface area contributed by atoms with Crippen LogP contribution in [0.1, 0.15) is 132 Å². The van der Waals surface area contributed by atoms with Crippen molar-refractivity contribution in [1.82, 2.24) is 51.2 Å². The fraction of sp³-hybridized carbons (Fsp3) is 0.695. The Morgan fingerprint density at radius 1 is 0.603 bits per heavy atom. The van der Waals surface area contributed by atoms with Gasteiger partial charge in [0.25, 0.3) is 17.7 Å². The number of hydrogen-bond acceptors (Lipinski definition) is 14. The van der Waals surface area contributed by atoms with Gasteiger partial charge >= 0.3 is 5.91 Å². The van der Waals surface area contributed by atoms with Crippen molar-refractivity contribution in [3.63, 3.8) is 0 Å². The Balaban J connectivity index is 0.000000338. The van der Waals surface area contributed by atoms with Crippen LogP contribution in [0, 0.1) is 41.4 Å². The molecular formula is C59H102N10O9. The first-order chi connectivity index (χ1) is 37.0. The first-order valence-corrected chi connectivity index (χ1v) is 28.5. The fourth-order valence-corrected chi connectivity index (χ4v) is 7.48. The number of hydrogen-bond donors (Lipinski definition) is 5. The number of likely N-dealkylation sites (N-methyl/N-ethyl adjacent to an activating group) is 2. The number of piperazine rings is 1. The Morgan fingerprint density at radius 3 is 1.56 bits per heavy atom. The second-order valence-corrected chi connectivity index (χ2v) is 22.9. The average Bonchev–Trinajstić information content (AvgIpc) is 4.13. The van der Waals surface area contributed by atoms with E-state index in [2.05, 4.69) is 121 Å². The van der Waals surface area contributed by atoms with Gasteiger partial charge in [-0.2, -0.15) is 0 Å². The van der Waals surface area contributed by atoms with E-state index in [4.69, 9.17) is 18.3 Å². The number of furan rings is 1. The van der Waals surface area contributed by atoms with Crippen molar-refractivity contribution in [3.8, 4) is 5.75 Å². The van der Waals surface area contributed by atoms with Gasteiger partial charge in [-0.3, -0.25) is 28.9 Å². The number of nitrogens with zero attached hydrogens (tertiary/aromatic N) is 5. The summed E-state index contributed by atoms with van der Waals surface area (Å²) in [5.74, 6) is 5.10. The minimum absolute atomic E-state index is 0.0338. The van der Waals surface area contributed by atoms with Crippen LogP contribution in [0.5, 0.6) is 5.75 Å². The third-order valence-corrected chi connectivity index (χ3v) is 12.5. The number of benzene rings is 1. The number of nitrogens with one attached hydrogen (secondary N) is 5. The third-order valence-electron chi connectivity index (χ3n) is 12.5. The molecule has 3 aliphatic heterocycles. The van der Waals surface area contributed by atoms with Crippen molar-refractivity contribution in [2.75, 3.05) is 127 Å². The van der Waals surface area contributed by atoms with Gasteiger partial charge in [0, 0.05) is 96.1 Å². The number of rotatable bonds is 21. The zero-order chi connectivity index (χ0) is 58.0. The highest BCUT2D eigenvalue weighted by atomic mass is 16.5. The molecule has 6 rings (SSSR count). The Hall–Kier alpha value is -5.34. The monoisotopic (exact) mass is 1090 g/mol. The molecule has 442 valence electrons. The first kappa shape index (κ1) is 68.8. The molecule has 0 spiro atoms. The third kappa shape index (κ3) is 31.9. The van der Waals surface area contributed by atoms with Crippen LogP contribution in [0.25, 0.3) is 0 Å². The quantitative estimate of drug-likeness (QED) is 0.0745. The lowest BCUT2D eigenvalue weighted by Crippen LogP contribution is -2.43. The van der Waals surface area contributed by atoms with E-state index < -0.39 is 0 Å². The van der Waals surface area contributed by atoms with Crippen molar-refractivity contribution in [2.24, 2.45) is 41.4 Å². The van der Waals surface area contributed by atoms with Gasteiger partial charge in [0.2, 0.25) is 11.8 Å². The minimum atomic E-state index is -0.256. The molecule has 3 aliphatic rings. The summed E-state index contributed by atoms with van der Waals surface area (Å²) < 4.78 is 21.2. The highest BCUT2D eigenvalue weighted by Crippen LogP contribution is 2.17. The van der Waals surface area contributed by atoms with Crippen LogP contribution in [-0.4, -0.2) is 181 Å². The average molecular weight is 1100 g/mol. The molecule has 19 nitrogen and oxygen atoms in total. The molecule has 0 aliphatic carbocycles. The van der Waals surface area contributed by atoms with Gasteiger partial charge in [-0.15, -0.1) is 0 Å². The summed E-state index contributed by atoms with van der Waals surface area (Å²) in [6, 6.07) is 10.9. The van der Waals surface area contributed by atoms with Gasteiger partial charge in [0.05, 0.1) is 12.7 Å². The normalized spacial score (nSPS) is 15.5. The number of aromatic nitrogens is 1. The Morgan fingerprint density at radius 2 is 1.08 bits per heavy atom. The molecule has 0 radical (unpaired) electrons. The smallest absolute Gasteiger partial charge is 0.307 e. The fourth-order valence-electron chi connectivity index (χ4n) is 7.48.